The summed E-state index contributed by atoms with van der Waals surface area (Å²) in [7, 11) is 1.26. The van der Waals surface area contributed by atoms with Crippen LogP contribution in [0.15, 0.2) is 12.1 Å². The number of hydrogen-bond donors (Lipinski definition) is 1. The summed E-state index contributed by atoms with van der Waals surface area (Å²) in [6.07, 6.45) is 4.49. The molecule has 0 spiro atoms. The van der Waals surface area contributed by atoms with Crippen LogP contribution in [0.25, 0.3) is 0 Å². The van der Waals surface area contributed by atoms with Crippen LogP contribution in [0.3, 0.4) is 0 Å². The lowest BCUT2D eigenvalue weighted by atomic mass is 10.2. The smallest absolute Gasteiger partial charge is 0.190 e. The first kappa shape index (κ1) is 11.2. The van der Waals surface area contributed by atoms with E-state index < -0.39 is 11.6 Å². The minimum atomic E-state index is -0.664. The van der Waals surface area contributed by atoms with Gasteiger partial charge in [0, 0.05) is 23.9 Å². The van der Waals surface area contributed by atoms with E-state index >= 15 is 0 Å². The number of benzene rings is 1. The average Bonchev–Trinajstić information content (AvgIpc) is 2.70. The van der Waals surface area contributed by atoms with E-state index in [0.717, 1.165) is 12.8 Å². The first-order chi connectivity index (χ1) is 7.70. The van der Waals surface area contributed by atoms with Gasteiger partial charge < -0.3 is 10.1 Å². The van der Waals surface area contributed by atoms with E-state index in [-0.39, 0.29) is 5.75 Å². The minimum absolute atomic E-state index is 0.322. The summed E-state index contributed by atoms with van der Waals surface area (Å²) in [5.74, 6) is -1.65. The first-order valence-electron chi connectivity index (χ1n) is 5.50. The molecule has 1 aromatic rings. The molecule has 1 N–H and O–H groups in total. The second kappa shape index (κ2) is 4.68. The average molecular weight is 227 g/mol. The van der Waals surface area contributed by atoms with Crippen molar-refractivity contribution in [2.75, 3.05) is 12.4 Å². The Morgan fingerprint density at radius 2 is 1.75 bits per heavy atom. The van der Waals surface area contributed by atoms with Crippen LogP contribution in [0.4, 0.5) is 14.5 Å². The molecule has 2 nitrogen and oxygen atoms in total. The second-order valence-electron chi connectivity index (χ2n) is 4.10. The fourth-order valence-corrected chi connectivity index (χ4v) is 2.14. The van der Waals surface area contributed by atoms with Crippen LogP contribution in [0.5, 0.6) is 5.75 Å². The van der Waals surface area contributed by atoms with Crippen LogP contribution < -0.4 is 10.1 Å². The topological polar surface area (TPSA) is 21.3 Å². The number of rotatable bonds is 3. The van der Waals surface area contributed by atoms with E-state index in [0.29, 0.717) is 11.7 Å². The van der Waals surface area contributed by atoms with Gasteiger partial charge in [-0.3, -0.25) is 0 Å². The van der Waals surface area contributed by atoms with Crippen LogP contribution in [-0.4, -0.2) is 13.2 Å². The van der Waals surface area contributed by atoms with Gasteiger partial charge in [0.15, 0.2) is 17.4 Å². The molecule has 16 heavy (non-hydrogen) atoms. The van der Waals surface area contributed by atoms with Gasteiger partial charge in [-0.2, -0.15) is 0 Å². The molecule has 0 amide bonds. The third-order valence-corrected chi connectivity index (χ3v) is 2.93. The predicted octanol–water partition coefficient (Wildman–Crippen LogP) is 3.33. The maximum atomic E-state index is 13.4. The lowest BCUT2D eigenvalue weighted by molar-refractivity contribution is 0.360. The van der Waals surface area contributed by atoms with Crippen molar-refractivity contribution in [2.45, 2.75) is 31.7 Å². The normalized spacial score (nSPS) is 16.4. The van der Waals surface area contributed by atoms with Crippen molar-refractivity contribution in [3.63, 3.8) is 0 Å². The van der Waals surface area contributed by atoms with Crippen LogP contribution in [0, 0.1) is 11.6 Å². The lowest BCUT2D eigenvalue weighted by Gasteiger charge is -2.14. The van der Waals surface area contributed by atoms with Crippen molar-refractivity contribution < 1.29 is 13.5 Å². The fourth-order valence-electron chi connectivity index (χ4n) is 2.14. The summed E-state index contributed by atoms with van der Waals surface area (Å²) >= 11 is 0. The van der Waals surface area contributed by atoms with Gasteiger partial charge >= 0.3 is 0 Å². The molecule has 1 fully saturated rings. The molecule has 0 aromatic heterocycles. The third kappa shape index (κ3) is 2.26. The maximum Gasteiger partial charge on any atom is 0.190 e. The molecule has 4 heteroatoms. The molecule has 0 unspecified atom stereocenters. The fraction of sp³-hybridized carbons (Fsp3) is 0.500. The van der Waals surface area contributed by atoms with Gasteiger partial charge in [0.2, 0.25) is 0 Å². The molecular weight excluding hydrogens is 212 g/mol. The Balaban J connectivity index is 2.15. The van der Waals surface area contributed by atoms with E-state index in [1.807, 2.05) is 0 Å². The third-order valence-electron chi connectivity index (χ3n) is 2.93. The Morgan fingerprint density at radius 3 is 2.25 bits per heavy atom. The first-order valence-corrected chi connectivity index (χ1v) is 5.50. The van der Waals surface area contributed by atoms with Gasteiger partial charge in [0.1, 0.15) is 0 Å². The van der Waals surface area contributed by atoms with Gasteiger partial charge in [0.25, 0.3) is 0 Å². The summed E-state index contributed by atoms with van der Waals surface area (Å²) < 4.78 is 31.4. The van der Waals surface area contributed by atoms with Gasteiger partial charge in [0.05, 0.1) is 7.11 Å². The number of ether oxygens (including phenoxy) is 1. The maximum absolute atomic E-state index is 13.4. The second-order valence-corrected chi connectivity index (χ2v) is 4.10. The van der Waals surface area contributed by atoms with Crippen molar-refractivity contribution in [3.8, 4) is 5.75 Å². The highest BCUT2D eigenvalue weighted by atomic mass is 19.1. The monoisotopic (exact) mass is 227 g/mol. The molecule has 0 heterocycles. The Hall–Kier alpha value is -1.32. The Morgan fingerprint density at radius 1 is 1.19 bits per heavy atom. The van der Waals surface area contributed by atoms with Crippen LogP contribution in [0.2, 0.25) is 0 Å². The van der Waals surface area contributed by atoms with Crippen LogP contribution in [0.1, 0.15) is 25.7 Å². The number of nitrogens with one attached hydrogen (secondary N) is 1. The van der Waals surface area contributed by atoms with E-state index in [1.54, 1.807) is 0 Å². The number of anilines is 1. The SMILES string of the molecule is COc1c(F)cc(NC2CCCC2)cc1F. The zero-order chi connectivity index (χ0) is 11.5. The standard InChI is InChI=1S/C12H15F2NO/c1-16-12-10(13)6-9(7-11(12)14)15-8-4-2-3-5-8/h6-8,15H,2-5H2,1H3. The summed E-state index contributed by atoms with van der Waals surface area (Å²) in [6.45, 7) is 0. The highest BCUT2D eigenvalue weighted by Gasteiger charge is 2.17. The van der Waals surface area contributed by atoms with Gasteiger partial charge in [-0.1, -0.05) is 12.8 Å². The minimum Gasteiger partial charge on any atom is -0.491 e. The zero-order valence-corrected chi connectivity index (χ0v) is 9.22. The molecule has 2 rings (SSSR count). The highest BCUT2D eigenvalue weighted by molar-refractivity contribution is 5.49. The molecule has 1 aliphatic rings. The molecule has 1 saturated carbocycles. The van der Waals surface area contributed by atoms with Crippen molar-refractivity contribution in [2.24, 2.45) is 0 Å². The summed E-state index contributed by atoms with van der Waals surface area (Å²) in [4.78, 5) is 0. The van der Waals surface area contributed by atoms with Crippen molar-refractivity contribution in [1.82, 2.24) is 0 Å². The Kier molecular flexibility index (Phi) is 3.27. The van der Waals surface area contributed by atoms with E-state index in [2.05, 4.69) is 10.1 Å². The molecule has 0 saturated heterocycles. The van der Waals surface area contributed by atoms with Gasteiger partial charge in [-0.05, 0) is 12.8 Å². The van der Waals surface area contributed by atoms with E-state index in [4.69, 9.17) is 0 Å². The Labute approximate surface area is 93.6 Å². The summed E-state index contributed by atoms with van der Waals surface area (Å²) in [5, 5.41) is 3.14. The predicted molar refractivity (Wildman–Crippen MR) is 58.8 cm³/mol. The molecule has 1 aliphatic carbocycles. The molecule has 0 atom stereocenters. The zero-order valence-electron chi connectivity index (χ0n) is 9.22. The largest absolute Gasteiger partial charge is 0.491 e. The lowest BCUT2D eigenvalue weighted by Crippen LogP contribution is -2.14. The van der Waals surface area contributed by atoms with Crippen LogP contribution >= 0.6 is 0 Å². The summed E-state index contributed by atoms with van der Waals surface area (Å²) in [6, 6.07) is 2.90. The molecule has 0 aliphatic heterocycles. The number of methoxy groups -OCH3 is 1. The molecule has 1 aromatic carbocycles. The number of hydrogen-bond acceptors (Lipinski definition) is 2. The molecule has 88 valence electrons. The summed E-state index contributed by atoms with van der Waals surface area (Å²) in [5.41, 5.74) is 0.489. The van der Waals surface area contributed by atoms with E-state index in [1.165, 1.54) is 32.1 Å². The van der Waals surface area contributed by atoms with Crippen molar-refractivity contribution in [1.29, 1.82) is 0 Å². The van der Waals surface area contributed by atoms with Crippen molar-refractivity contribution in [3.05, 3.63) is 23.8 Å². The Bertz CT molecular complexity index is 352. The van der Waals surface area contributed by atoms with Crippen molar-refractivity contribution >= 4 is 5.69 Å². The molecular formula is C12H15F2NO. The van der Waals surface area contributed by atoms with Gasteiger partial charge in [-0.25, -0.2) is 8.78 Å². The molecule has 0 bridgehead atoms. The number of halogens is 2. The van der Waals surface area contributed by atoms with Gasteiger partial charge in [-0.15, -0.1) is 0 Å². The quantitative estimate of drug-likeness (QED) is 0.855. The molecule has 0 radical (unpaired) electrons. The highest BCUT2D eigenvalue weighted by Crippen LogP contribution is 2.28. The van der Waals surface area contributed by atoms with E-state index in [9.17, 15) is 8.78 Å². The van der Waals surface area contributed by atoms with Crippen LogP contribution in [-0.2, 0) is 0 Å².